The number of methoxy groups -OCH3 is 4. The summed E-state index contributed by atoms with van der Waals surface area (Å²) in [5, 5.41) is 15.9. The van der Waals surface area contributed by atoms with Gasteiger partial charge in [0.15, 0.2) is 17.3 Å². The van der Waals surface area contributed by atoms with E-state index in [0.29, 0.717) is 38.7 Å². The maximum atomic E-state index is 12.8. The number of nitrogens with zero attached hydrogens (tertiary/aromatic N) is 4. The molecule has 0 unspecified atom stereocenters. The molecule has 4 rings (SSSR count). The molecule has 1 amide bonds. The molecule has 0 saturated carbocycles. The van der Waals surface area contributed by atoms with Gasteiger partial charge in [-0.25, -0.2) is 0 Å². The van der Waals surface area contributed by atoms with Gasteiger partial charge in [0.05, 0.1) is 28.4 Å². The summed E-state index contributed by atoms with van der Waals surface area (Å²) in [6.45, 7) is 0. The highest BCUT2D eigenvalue weighted by atomic mass is 32.1. The maximum absolute atomic E-state index is 12.8. The summed E-state index contributed by atoms with van der Waals surface area (Å²) in [4.78, 5) is 13.4. The SMILES string of the molecule is COc1ccc(-c2nnc3sc(NC(=O)c4cc(OC)c(OC)c(OC)c4)nn23)cc1. The van der Waals surface area contributed by atoms with E-state index in [9.17, 15) is 4.79 Å². The fraction of sp³-hybridized carbons (Fsp3) is 0.200. The van der Waals surface area contributed by atoms with Crippen LogP contribution in [0, 0.1) is 0 Å². The van der Waals surface area contributed by atoms with Crippen molar-refractivity contribution >= 4 is 27.3 Å². The Morgan fingerprint density at radius 3 is 2.19 bits per heavy atom. The van der Waals surface area contributed by atoms with Gasteiger partial charge in [-0.3, -0.25) is 10.1 Å². The molecule has 1 N–H and O–H groups in total. The number of nitrogens with one attached hydrogen (secondary N) is 1. The molecule has 2 aromatic carbocycles. The first-order chi connectivity index (χ1) is 15.1. The zero-order valence-corrected chi connectivity index (χ0v) is 18.0. The molecule has 0 fully saturated rings. The summed E-state index contributed by atoms with van der Waals surface area (Å²) in [6, 6.07) is 10.5. The van der Waals surface area contributed by atoms with Gasteiger partial charge in [-0.05, 0) is 36.4 Å². The van der Waals surface area contributed by atoms with E-state index in [1.54, 1.807) is 23.8 Å². The largest absolute Gasteiger partial charge is 0.497 e. The smallest absolute Gasteiger partial charge is 0.257 e. The number of fused-ring (bicyclic) bond motifs is 1. The van der Waals surface area contributed by atoms with E-state index in [0.717, 1.165) is 11.3 Å². The van der Waals surface area contributed by atoms with Gasteiger partial charge in [0, 0.05) is 11.1 Å². The molecule has 0 atom stereocenters. The van der Waals surface area contributed by atoms with Gasteiger partial charge in [-0.2, -0.15) is 4.52 Å². The Morgan fingerprint density at radius 2 is 1.61 bits per heavy atom. The number of benzene rings is 2. The number of rotatable bonds is 7. The molecule has 11 heteroatoms. The molecule has 160 valence electrons. The molecule has 2 heterocycles. The first-order valence-electron chi connectivity index (χ1n) is 9.06. The van der Waals surface area contributed by atoms with Gasteiger partial charge in [0.25, 0.3) is 5.91 Å². The summed E-state index contributed by atoms with van der Waals surface area (Å²) in [7, 11) is 6.08. The van der Waals surface area contributed by atoms with Crippen LogP contribution in [0.3, 0.4) is 0 Å². The zero-order valence-electron chi connectivity index (χ0n) is 17.2. The zero-order chi connectivity index (χ0) is 22.0. The van der Waals surface area contributed by atoms with Crippen LogP contribution in [0.2, 0.25) is 0 Å². The second-order valence-electron chi connectivity index (χ2n) is 6.22. The first-order valence-corrected chi connectivity index (χ1v) is 9.87. The third-order valence-electron chi connectivity index (χ3n) is 4.49. The third-order valence-corrected chi connectivity index (χ3v) is 5.30. The van der Waals surface area contributed by atoms with E-state index >= 15 is 0 Å². The van der Waals surface area contributed by atoms with Crippen molar-refractivity contribution in [2.45, 2.75) is 0 Å². The fourth-order valence-corrected chi connectivity index (χ4v) is 3.70. The average Bonchev–Trinajstić information content (AvgIpc) is 3.38. The number of aromatic nitrogens is 4. The Bertz CT molecular complexity index is 1210. The summed E-state index contributed by atoms with van der Waals surface area (Å²) in [5.41, 5.74) is 1.15. The van der Waals surface area contributed by atoms with Crippen LogP contribution >= 0.6 is 11.3 Å². The predicted octanol–water partition coefficient (Wildman–Crippen LogP) is 3.14. The van der Waals surface area contributed by atoms with Gasteiger partial charge in [-0.1, -0.05) is 11.3 Å². The van der Waals surface area contributed by atoms with Crippen LogP contribution in [0.15, 0.2) is 36.4 Å². The molecule has 0 aliphatic rings. The number of hydrogen-bond donors (Lipinski definition) is 1. The number of amides is 1. The minimum atomic E-state index is -0.379. The Morgan fingerprint density at radius 1 is 0.935 bits per heavy atom. The normalized spacial score (nSPS) is 10.7. The van der Waals surface area contributed by atoms with Crippen molar-refractivity contribution < 1.29 is 23.7 Å². The molecule has 4 aromatic rings. The highest BCUT2D eigenvalue weighted by molar-refractivity contribution is 7.20. The highest BCUT2D eigenvalue weighted by Gasteiger charge is 2.19. The van der Waals surface area contributed by atoms with Gasteiger partial charge in [-0.15, -0.1) is 15.3 Å². The molecule has 0 aliphatic carbocycles. The second kappa shape index (κ2) is 8.48. The van der Waals surface area contributed by atoms with Gasteiger partial charge in [0.2, 0.25) is 15.8 Å². The second-order valence-corrected chi connectivity index (χ2v) is 7.18. The maximum Gasteiger partial charge on any atom is 0.257 e. The van der Waals surface area contributed by atoms with E-state index in [1.165, 1.54) is 32.7 Å². The van der Waals surface area contributed by atoms with Crippen LogP contribution in [0.1, 0.15) is 10.4 Å². The lowest BCUT2D eigenvalue weighted by atomic mass is 10.1. The van der Waals surface area contributed by atoms with Crippen LogP contribution in [-0.2, 0) is 0 Å². The summed E-state index contributed by atoms with van der Waals surface area (Å²) < 4.78 is 22.7. The van der Waals surface area contributed by atoms with Crippen molar-refractivity contribution in [2.75, 3.05) is 33.8 Å². The minimum absolute atomic E-state index is 0.329. The Hall–Kier alpha value is -3.86. The van der Waals surface area contributed by atoms with E-state index in [-0.39, 0.29) is 5.91 Å². The fourth-order valence-electron chi connectivity index (χ4n) is 2.97. The van der Waals surface area contributed by atoms with Gasteiger partial charge in [0.1, 0.15) is 5.75 Å². The van der Waals surface area contributed by atoms with Crippen LogP contribution < -0.4 is 24.3 Å². The van der Waals surface area contributed by atoms with E-state index in [1.807, 2.05) is 24.3 Å². The number of carbonyl (C=O) groups excluding carboxylic acids is 1. The lowest BCUT2D eigenvalue weighted by Gasteiger charge is -2.13. The van der Waals surface area contributed by atoms with Crippen molar-refractivity contribution in [3.05, 3.63) is 42.0 Å². The van der Waals surface area contributed by atoms with Crippen LogP contribution in [-0.4, -0.2) is 54.2 Å². The van der Waals surface area contributed by atoms with E-state index < -0.39 is 0 Å². The Kier molecular flexibility index (Phi) is 5.58. The molecule has 2 aromatic heterocycles. The molecule has 0 bridgehead atoms. The average molecular weight is 441 g/mol. The molecule has 0 spiro atoms. The number of hydrogen-bond acceptors (Lipinski definition) is 9. The van der Waals surface area contributed by atoms with Crippen molar-refractivity contribution in [3.63, 3.8) is 0 Å². The molecule has 0 aliphatic heterocycles. The van der Waals surface area contributed by atoms with Crippen LogP contribution in [0.25, 0.3) is 16.3 Å². The highest BCUT2D eigenvalue weighted by Crippen LogP contribution is 2.38. The number of anilines is 1. The summed E-state index contributed by atoms with van der Waals surface area (Å²) in [5.74, 6) is 2.09. The molecule has 31 heavy (non-hydrogen) atoms. The van der Waals surface area contributed by atoms with Crippen LogP contribution in [0.4, 0.5) is 5.13 Å². The molecule has 0 radical (unpaired) electrons. The quantitative estimate of drug-likeness (QED) is 0.466. The standard InChI is InChI=1S/C20H19N5O5S/c1-27-13-7-5-11(6-8-13)17-22-23-20-25(17)24-19(31-20)21-18(26)12-9-14(28-2)16(30-4)15(10-12)29-3/h5-10H,1-4H3,(H,21,24,26). The topological polar surface area (TPSA) is 109 Å². The summed E-state index contributed by atoms with van der Waals surface area (Å²) in [6.07, 6.45) is 0. The Labute approximate surface area is 181 Å². The third kappa shape index (κ3) is 3.82. The summed E-state index contributed by atoms with van der Waals surface area (Å²) >= 11 is 1.21. The Balaban J connectivity index is 1.62. The number of carbonyl (C=O) groups is 1. The molecule has 10 nitrogen and oxygen atoms in total. The lowest BCUT2D eigenvalue weighted by molar-refractivity contribution is 0.102. The molecular formula is C20H19N5O5S. The van der Waals surface area contributed by atoms with Gasteiger partial charge >= 0.3 is 0 Å². The monoisotopic (exact) mass is 441 g/mol. The molecule has 0 saturated heterocycles. The van der Waals surface area contributed by atoms with Crippen molar-refractivity contribution in [3.8, 4) is 34.4 Å². The predicted molar refractivity (Wildman–Crippen MR) is 115 cm³/mol. The first kappa shape index (κ1) is 20.4. The van der Waals surface area contributed by atoms with Gasteiger partial charge < -0.3 is 18.9 Å². The van der Waals surface area contributed by atoms with E-state index in [2.05, 4.69) is 20.6 Å². The van der Waals surface area contributed by atoms with Crippen molar-refractivity contribution in [1.29, 1.82) is 0 Å². The molecular weight excluding hydrogens is 422 g/mol. The van der Waals surface area contributed by atoms with Crippen LogP contribution in [0.5, 0.6) is 23.0 Å². The van der Waals surface area contributed by atoms with Crippen molar-refractivity contribution in [2.24, 2.45) is 0 Å². The lowest BCUT2D eigenvalue weighted by Crippen LogP contribution is -2.13. The van der Waals surface area contributed by atoms with Crippen molar-refractivity contribution in [1.82, 2.24) is 19.8 Å². The number of ether oxygens (including phenoxy) is 4. The van der Waals surface area contributed by atoms with E-state index in [4.69, 9.17) is 18.9 Å². The minimum Gasteiger partial charge on any atom is -0.497 e.